The largest absolute Gasteiger partial charge is 0.368 e. The first kappa shape index (κ1) is 11.5. The highest BCUT2D eigenvalue weighted by molar-refractivity contribution is 7.90. The van der Waals surface area contributed by atoms with Crippen LogP contribution in [0.5, 0.6) is 0 Å². The van der Waals surface area contributed by atoms with Crippen LogP contribution in [0.3, 0.4) is 0 Å². The zero-order valence-electron chi connectivity index (χ0n) is 9.03. The molecule has 6 nitrogen and oxygen atoms in total. The van der Waals surface area contributed by atoms with Crippen LogP contribution in [0, 0.1) is 0 Å². The summed E-state index contributed by atoms with van der Waals surface area (Å²) in [6.45, 7) is 0. The molecule has 7 heteroatoms. The lowest BCUT2D eigenvalue weighted by Gasteiger charge is -2.04. The van der Waals surface area contributed by atoms with Crippen molar-refractivity contribution in [1.82, 2.24) is 15.0 Å². The first-order valence-electron chi connectivity index (χ1n) is 4.72. The van der Waals surface area contributed by atoms with E-state index in [2.05, 4.69) is 15.0 Å². The Hall–Kier alpha value is -2.02. The number of sulfone groups is 1. The molecule has 2 aromatic heterocycles. The van der Waals surface area contributed by atoms with Crippen LogP contribution in [-0.4, -0.2) is 29.6 Å². The minimum atomic E-state index is -3.41. The summed E-state index contributed by atoms with van der Waals surface area (Å²) in [5.74, 6) is -0.0771. The minimum absolute atomic E-state index is 0.0771. The second kappa shape index (κ2) is 4.10. The van der Waals surface area contributed by atoms with Crippen molar-refractivity contribution in [1.29, 1.82) is 0 Å². The molecule has 0 fully saturated rings. The van der Waals surface area contributed by atoms with Gasteiger partial charge in [-0.2, -0.15) is 0 Å². The second-order valence-corrected chi connectivity index (χ2v) is 5.43. The predicted molar refractivity (Wildman–Crippen MR) is 62.8 cm³/mol. The van der Waals surface area contributed by atoms with E-state index in [4.69, 9.17) is 5.73 Å². The van der Waals surface area contributed by atoms with Crippen LogP contribution in [0.4, 0.5) is 5.95 Å². The van der Waals surface area contributed by atoms with Crippen LogP contribution in [0.25, 0.3) is 11.3 Å². The van der Waals surface area contributed by atoms with Gasteiger partial charge in [0.05, 0.1) is 5.69 Å². The molecule has 2 N–H and O–H groups in total. The summed E-state index contributed by atoms with van der Waals surface area (Å²) in [5, 5.41) is -0.0937. The van der Waals surface area contributed by atoms with Crippen molar-refractivity contribution in [3.8, 4) is 11.3 Å². The Morgan fingerprint density at radius 1 is 1.29 bits per heavy atom. The topological polar surface area (TPSA) is 98.8 Å². The summed E-state index contributed by atoms with van der Waals surface area (Å²) >= 11 is 0. The van der Waals surface area contributed by atoms with E-state index in [-0.39, 0.29) is 11.0 Å². The van der Waals surface area contributed by atoms with Gasteiger partial charge < -0.3 is 5.73 Å². The zero-order chi connectivity index (χ0) is 12.5. The molecule has 0 saturated heterocycles. The first-order chi connectivity index (χ1) is 7.97. The maximum absolute atomic E-state index is 11.4. The zero-order valence-corrected chi connectivity index (χ0v) is 9.85. The van der Waals surface area contributed by atoms with Gasteiger partial charge in [0.1, 0.15) is 0 Å². The fraction of sp³-hybridized carbons (Fsp3) is 0.100. The van der Waals surface area contributed by atoms with E-state index in [1.807, 2.05) is 0 Å². The van der Waals surface area contributed by atoms with Gasteiger partial charge in [0.15, 0.2) is 14.9 Å². The van der Waals surface area contributed by atoms with E-state index >= 15 is 0 Å². The standard InChI is InChI=1S/C10H10N4O2S/c1-17(15,16)9-5-8(13-10(11)14-9)7-3-2-4-12-6-7/h2-6H,1H3,(H2,11,13,14). The number of nitrogens with zero attached hydrogens (tertiary/aromatic N) is 3. The first-order valence-corrected chi connectivity index (χ1v) is 6.61. The molecule has 0 saturated carbocycles. The van der Waals surface area contributed by atoms with E-state index in [1.54, 1.807) is 24.5 Å². The molecule has 0 amide bonds. The van der Waals surface area contributed by atoms with Crippen LogP contribution in [0.15, 0.2) is 35.6 Å². The van der Waals surface area contributed by atoms with Crippen molar-refractivity contribution in [3.05, 3.63) is 30.6 Å². The molecule has 0 aliphatic heterocycles. The summed E-state index contributed by atoms with van der Waals surface area (Å²) in [6, 6.07) is 4.87. The Morgan fingerprint density at radius 3 is 2.65 bits per heavy atom. The fourth-order valence-electron chi connectivity index (χ4n) is 1.29. The highest BCUT2D eigenvalue weighted by Crippen LogP contribution is 2.19. The lowest BCUT2D eigenvalue weighted by Crippen LogP contribution is -2.06. The average Bonchev–Trinajstić information content (AvgIpc) is 2.28. The van der Waals surface area contributed by atoms with Crippen LogP contribution in [0.2, 0.25) is 0 Å². The number of nitrogen functional groups attached to an aromatic ring is 1. The van der Waals surface area contributed by atoms with Gasteiger partial charge in [-0.25, -0.2) is 18.4 Å². The third-order valence-electron chi connectivity index (χ3n) is 2.06. The molecule has 2 heterocycles. The fourth-order valence-corrected chi connectivity index (χ4v) is 1.88. The summed E-state index contributed by atoms with van der Waals surface area (Å²) in [4.78, 5) is 11.6. The van der Waals surface area contributed by atoms with Gasteiger partial charge in [-0.3, -0.25) is 4.98 Å². The van der Waals surface area contributed by atoms with Crippen LogP contribution >= 0.6 is 0 Å². The molecule has 0 aliphatic rings. The van der Waals surface area contributed by atoms with E-state index in [0.29, 0.717) is 11.3 Å². The molecule has 0 unspecified atom stereocenters. The molecule has 88 valence electrons. The van der Waals surface area contributed by atoms with Gasteiger partial charge in [-0.15, -0.1) is 0 Å². The molecule has 2 rings (SSSR count). The third kappa shape index (κ3) is 2.56. The Morgan fingerprint density at radius 2 is 2.06 bits per heavy atom. The molecule has 0 radical (unpaired) electrons. The van der Waals surface area contributed by atoms with Gasteiger partial charge in [-0.1, -0.05) is 0 Å². The maximum Gasteiger partial charge on any atom is 0.221 e. The molecular weight excluding hydrogens is 240 g/mol. The average molecular weight is 250 g/mol. The molecule has 17 heavy (non-hydrogen) atoms. The quantitative estimate of drug-likeness (QED) is 0.780. The molecule has 0 aliphatic carbocycles. The van der Waals surface area contributed by atoms with Gasteiger partial charge in [0.2, 0.25) is 5.95 Å². The molecule has 0 atom stereocenters. The Bertz CT molecular complexity index is 641. The summed E-state index contributed by atoms with van der Waals surface area (Å²) in [7, 11) is -3.41. The number of pyridine rings is 1. The minimum Gasteiger partial charge on any atom is -0.368 e. The van der Waals surface area contributed by atoms with Crippen molar-refractivity contribution in [2.24, 2.45) is 0 Å². The van der Waals surface area contributed by atoms with Gasteiger partial charge >= 0.3 is 0 Å². The van der Waals surface area contributed by atoms with Crippen LogP contribution in [-0.2, 0) is 9.84 Å². The predicted octanol–water partition coefficient (Wildman–Crippen LogP) is 0.524. The Labute approximate surface area is 98.5 Å². The Balaban J connectivity index is 2.61. The van der Waals surface area contributed by atoms with Crippen molar-refractivity contribution >= 4 is 15.8 Å². The van der Waals surface area contributed by atoms with E-state index in [9.17, 15) is 8.42 Å². The van der Waals surface area contributed by atoms with Crippen LogP contribution in [0.1, 0.15) is 0 Å². The summed E-state index contributed by atoms with van der Waals surface area (Å²) in [6.07, 6.45) is 4.27. The smallest absolute Gasteiger partial charge is 0.221 e. The monoisotopic (exact) mass is 250 g/mol. The number of anilines is 1. The maximum atomic E-state index is 11.4. The lowest BCUT2D eigenvalue weighted by molar-refractivity contribution is 0.598. The van der Waals surface area contributed by atoms with Crippen molar-refractivity contribution in [2.75, 3.05) is 12.0 Å². The SMILES string of the molecule is CS(=O)(=O)c1cc(-c2cccnc2)nc(N)n1. The van der Waals surface area contributed by atoms with Gasteiger partial charge in [0.25, 0.3) is 0 Å². The summed E-state index contributed by atoms with van der Waals surface area (Å²) < 4.78 is 22.8. The number of nitrogens with two attached hydrogens (primary N) is 1. The molecular formula is C10H10N4O2S. The normalized spacial score (nSPS) is 11.4. The van der Waals surface area contributed by atoms with Crippen molar-refractivity contribution in [2.45, 2.75) is 5.03 Å². The summed E-state index contributed by atoms with van der Waals surface area (Å²) in [5.41, 5.74) is 6.61. The molecule has 2 aromatic rings. The number of hydrogen-bond donors (Lipinski definition) is 1. The molecule has 0 spiro atoms. The highest BCUT2D eigenvalue weighted by atomic mass is 32.2. The van der Waals surface area contributed by atoms with Gasteiger partial charge in [0, 0.05) is 30.3 Å². The van der Waals surface area contributed by atoms with E-state index in [0.717, 1.165) is 6.26 Å². The lowest BCUT2D eigenvalue weighted by atomic mass is 10.2. The molecule has 0 aromatic carbocycles. The third-order valence-corrected chi connectivity index (χ3v) is 3.03. The number of aromatic nitrogens is 3. The van der Waals surface area contributed by atoms with Crippen LogP contribution < -0.4 is 5.73 Å². The van der Waals surface area contributed by atoms with E-state index in [1.165, 1.54) is 6.07 Å². The number of hydrogen-bond acceptors (Lipinski definition) is 6. The molecule has 0 bridgehead atoms. The van der Waals surface area contributed by atoms with E-state index < -0.39 is 9.84 Å². The Kier molecular flexibility index (Phi) is 2.76. The van der Waals surface area contributed by atoms with Crippen molar-refractivity contribution < 1.29 is 8.42 Å². The second-order valence-electron chi connectivity index (χ2n) is 3.46. The van der Waals surface area contributed by atoms with Crippen molar-refractivity contribution in [3.63, 3.8) is 0 Å². The number of rotatable bonds is 2. The van der Waals surface area contributed by atoms with Gasteiger partial charge in [-0.05, 0) is 12.1 Å². The highest BCUT2D eigenvalue weighted by Gasteiger charge is 2.13.